The van der Waals surface area contributed by atoms with Crippen LogP contribution in [0.15, 0.2) is 18.2 Å². The van der Waals surface area contributed by atoms with Crippen LogP contribution in [0.5, 0.6) is 5.75 Å². The van der Waals surface area contributed by atoms with E-state index >= 15 is 0 Å². The third-order valence-corrected chi connectivity index (χ3v) is 2.86. The first kappa shape index (κ1) is 11.2. The molecule has 1 aliphatic heterocycles. The van der Waals surface area contributed by atoms with Gasteiger partial charge in [-0.25, -0.2) is 0 Å². The summed E-state index contributed by atoms with van der Waals surface area (Å²) in [5.74, 6) is 0.825. The summed E-state index contributed by atoms with van der Waals surface area (Å²) in [6.07, 6.45) is -0.445. The van der Waals surface area contributed by atoms with E-state index in [9.17, 15) is 5.11 Å². The highest BCUT2D eigenvalue weighted by molar-refractivity contribution is 5.61. The molecular weight excluding hydrogens is 204 g/mol. The van der Waals surface area contributed by atoms with Crippen molar-refractivity contribution in [3.63, 3.8) is 0 Å². The Kier molecular flexibility index (Phi) is 3.03. The molecule has 4 nitrogen and oxygen atoms in total. The third-order valence-electron chi connectivity index (χ3n) is 2.86. The molecule has 2 unspecified atom stereocenters. The van der Waals surface area contributed by atoms with Gasteiger partial charge in [-0.1, -0.05) is 6.07 Å². The lowest BCUT2D eigenvalue weighted by Crippen LogP contribution is -2.35. The second-order valence-electron chi connectivity index (χ2n) is 4.29. The Balaban J connectivity index is 2.34. The fourth-order valence-corrected chi connectivity index (χ4v) is 2.02. The zero-order valence-corrected chi connectivity index (χ0v) is 9.68. The van der Waals surface area contributed by atoms with Gasteiger partial charge in [-0.3, -0.25) is 0 Å². The first-order valence-electron chi connectivity index (χ1n) is 5.51. The molecule has 16 heavy (non-hydrogen) atoms. The summed E-state index contributed by atoms with van der Waals surface area (Å²) >= 11 is 0. The Morgan fingerprint density at radius 3 is 3.06 bits per heavy atom. The molecule has 3 N–H and O–H groups in total. The maximum Gasteiger partial charge on any atom is 0.143 e. The SMILES string of the molecule is CC1CN(C)c2ccc(C(O)CN)cc2O1. The number of anilines is 1. The normalized spacial score (nSPS) is 21.2. The highest BCUT2D eigenvalue weighted by Gasteiger charge is 2.21. The van der Waals surface area contributed by atoms with Gasteiger partial charge in [0.25, 0.3) is 0 Å². The van der Waals surface area contributed by atoms with E-state index < -0.39 is 6.10 Å². The van der Waals surface area contributed by atoms with Crippen LogP contribution in [-0.4, -0.2) is 31.3 Å². The molecule has 0 amide bonds. The molecule has 0 aromatic heterocycles. The van der Waals surface area contributed by atoms with Gasteiger partial charge >= 0.3 is 0 Å². The number of hydrogen-bond acceptors (Lipinski definition) is 4. The van der Waals surface area contributed by atoms with E-state index in [-0.39, 0.29) is 12.6 Å². The van der Waals surface area contributed by atoms with Gasteiger partial charge in [-0.2, -0.15) is 0 Å². The Hall–Kier alpha value is -1.26. The number of ether oxygens (including phenoxy) is 1. The van der Waals surface area contributed by atoms with Gasteiger partial charge in [0.15, 0.2) is 0 Å². The molecular formula is C12H18N2O2. The fourth-order valence-electron chi connectivity index (χ4n) is 2.02. The van der Waals surface area contributed by atoms with E-state index in [0.717, 1.165) is 23.5 Å². The molecule has 0 fully saturated rings. The summed E-state index contributed by atoms with van der Waals surface area (Å²) < 4.78 is 5.74. The molecule has 0 spiro atoms. The molecule has 1 aromatic rings. The van der Waals surface area contributed by atoms with E-state index in [1.807, 2.05) is 32.2 Å². The number of likely N-dealkylation sites (N-methyl/N-ethyl adjacent to an activating group) is 1. The fraction of sp³-hybridized carbons (Fsp3) is 0.500. The van der Waals surface area contributed by atoms with Gasteiger partial charge in [0.05, 0.1) is 18.3 Å². The molecule has 2 atom stereocenters. The summed E-state index contributed by atoms with van der Waals surface area (Å²) in [5, 5.41) is 9.67. The van der Waals surface area contributed by atoms with E-state index in [2.05, 4.69) is 4.90 Å². The Bertz CT molecular complexity index is 381. The van der Waals surface area contributed by atoms with Crippen LogP contribution < -0.4 is 15.4 Å². The van der Waals surface area contributed by atoms with E-state index in [1.54, 1.807) is 0 Å². The van der Waals surface area contributed by atoms with Crippen LogP contribution in [0.4, 0.5) is 5.69 Å². The molecule has 0 bridgehead atoms. The molecule has 0 saturated carbocycles. The Morgan fingerprint density at radius 2 is 2.38 bits per heavy atom. The second-order valence-corrected chi connectivity index (χ2v) is 4.29. The zero-order chi connectivity index (χ0) is 11.7. The number of nitrogens with two attached hydrogens (primary N) is 1. The number of aliphatic hydroxyl groups excluding tert-OH is 1. The van der Waals surface area contributed by atoms with Crippen LogP contribution in [0, 0.1) is 0 Å². The smallest absolute Gasteiger partial charge is 0.143 e. The average Bonchev–Trinajstić information content (AvgIpc) is 2.27. The maximum atomic E-state index is 9.67. The van der Waals surface area contributed by atoms with Gasteiger partial charge < -0.3 is 20.5 Å². The van der Waals surface area contributed by atoms with Gasteiger partial charge in [0.1, 0.15) is 11.9 Å². The summed E-state index contributed by atoms with van der Waals surface area (Å²) in [7, 11) is 2.04. The molecule has 1 heterocycles. The van der Waals surface area contributed by atoms with Crippen molar-refractivity contribution in [3.8, 4) is 5.75 Å². The number of rotatable bonds is 2. The van der Waals surface area contributed by atoms with Crippen molar-refractivity contribution in [2.45, 2.75) is 19.1 Å². The molecule has 2 rings (SSSR count). The van der Waals surface area contributed by atoms with Crippen LogP contribution in [0.1, 0.15) is 18.6 Å². The number of aliphatic hydroxyl groups is 1. The molecule has 1 aromatic carbocycles. The minimum atomic E-state index is -0.614. The first-order chi connectivity index (χ1) is 7.61. The zero-order valence-electron chi connectivity index (χ0n) is 9.68. The topological polar surface area (TPSA) is 58.7 Å². The van der Waals surface area contributed by atoms with Gasteiger partial charge in [-0.05, 0) is 24.6 Å². The predicted octanol–water partition coefficient (Wildman–Crippen LogP) is 0.896. The average molecular weight is 222 g/mol. The first-order valence-corrected chi connectivity index (χ1v) is 5.51. The lowest BCUT2D eigenvalue weighted by molar-refractivity contribution is 0.183. The number of benzene rings is 1. The van der Waals surface area contributed by atoms with Crippen LogP contribution >= 0.6 is 0 Å². The summed E-state index contributed by atoms with van der Waals surface area (Å²) in [6.45, 7) is 3.14. The number of hydrogen-bond donors (Lipinski definition) is 2. The lowest BCUT2D eigenvalue weighted by atomic mass is 10.1. The summed E-state index contributed by atoms with van der Waals surface area (Å²) in [4.78, 5) is 2.15. The Morgan fingerprint density at radius 1 is 1.62 bits per heavy atom. The molecule has 0 saturated heterocycles. The van der Waals surface area contributed by atoms with Crippen LogP contribution in [0.3, 0.4) is 0 Å². The summed E-state index contributed by atoms with van der Waals surface area (Å²) in [5.41, 5.74) is 7.30. The monoisotopic (exact) mass is 222 g/mol. The van der Waals surface area contributed by atoms with Crippen molar-refractivity contribution >= 4 is 5.69 Å². The van der Waals surface area contributed by atoms with E-state index in [0.29, 0.717) is 0 Å². The van der Waals surface area contributed by atoms with Crippen molar-refractivity contribution in [1.82, 2.24) is 0 Å². The summed E-state index contributed by atoms with van der Waals surface area (Å²) in [6, 6.07) is 5.74. The molecule has 88 valence electrons. The van der Waals surface area contributed by atoms with Crippen molar-refractivity contribution < 1.29 is 9.84 Å². The van der Waals surface area contributed by atoms with Crippen molar-refractivity contribution in [3.05, 3.63) is 23.8 Å². The number of fused-ring (bicyclic) bond motifs is 1. The Labute approximate surface area is 95.6 Å². The maximum absolute atomic E-state index is 9.67. The van der Waals surface area contributed by atoms with Gasteiger partial charge in [0.2, 0.25) is 0 Å². The number of nitrogens with zero attached hydrogens (tertiary/aromatic N) is 1. The highest BCUT2D eigenvalue weighted by Crippen LogP contribution is 2.34. The molecule has 0 radical (unpaired) electrons. The third kappa shape index (κ3) is 1.99. The van der Waals surface area contributed by atoms with Crippen LogP contribution in [0.2, 0.25) is 0 Å². The molecule has 1 aliphatic rings. The highest BCUT2D eigenvalue weighted by atomic mass is 16.5. The predicted molar refractivity (Wildman–Crippen MR) is 63.8 cm³/mol. The lowest BCUT2D eigenvalue weighted by Gasteiger charge is -2.32. The molecule has 4 heteroatoms. The minimum absolute atomic E-state index is 0.169. The van der Waals surface area contributed by atoms with Crippen LogP contribution in [-0.2, 0) is 0 Å². The van der Waals surface area contributed by atoms with E-state index in [1.165, 1.54) is 0 Å². The van der Waals surface area contributed by atoms with Crippen LogP contribution in [0.25, 0.3) is 0 Å². The molecule has 0 aliphatic carbocycles. The van der Waals surface area contributed by atoms with Gasteiger partial charge in [0, 0.05) is 13.6 Å². The van der Waals surface area contributed by atoms with Crippen molar-refractivity contribution in [2.75, 3.05) is 25.0 Å². The second kappa shape index (κ2) is 4.31. The quantitative estimate of drug-likeness (QED) is 0.780. The van der Waals surface area contributed by atoms with E-state index in [4.69, 9.17) is 10.5 Å². The van der Waals surface area contributed by atoms with Crippen molar-refractivity contribution in [2.24, 2.45) is 5.73 Å². The largest absolute Gasteiger partial charge is 0.487 e. The van der Waals surface area contributed by atoms with Gasteiger partial charge in [-0.15, -0.1) is 0 Å². The minimum Gasteiger partial charge on any atom is -0.487 e. The standard InChI is InChI=1S/C12H18N2O2/c1-8-7-14(2)10-4-3-9(11(15)6-13)5-12(10)16-8/h3-5,8,11,15H,6-7,13H2,1-2H3. The van der Waals surface area contributed by atoms with Crippen molar-refractivity contribution in [1.29, 1.82) is 0 Å².